The van der Waals surface area contributed by atoms with E-state index in [1.165, 1.54) is 16.7 Å². The molecule has 0 aromatic heterocycles. The molecule has 2 aromatic carbocycles. The molecule has 1 aliphatic heterocycles. The van der Waals surface area contributed by atoms with Crippen LogP contribution in [-0.2, 0) is 11.3 Å². The molecule has 2 aromatic rings. The zero-order valence-electron chi connectivity index (χ0n) is 10.3. The van der Waals surface area contributed by atoms with Gasteiger partial charge in [-0.15, -0.1) is 0 Å². The summed E-state index contributed by atoms with van der Waals surface area (Å²) in [5, 5.41) is 3.20. The molecule has 3 rings (SSSR count). The summed E-state index contributed by atoms with van der Waals surface area (Å²) >= 11 is 0. The topological polar surface area (TPSA) is 21.3 Å². The predicted molar refractivity (Wildman–Crippen MR) is 73.3 cm³/mol. The maximum atomic E-state index is 5.75. The van der Waals surface area contributed by atoms with Gasteiger partial charge in [0, 0.05) is 13.1 Å². The third-order valence-electron chi connectivity index (χ3n) is 3.29. The summed E-state index contributed by atoms with van der Waals surface area (Å²) in [6, 6.07) is 19.0. The van der Waals surface area contributed by atoms with Crippen molar-refractivity contribution >= 4 is 0 Å². The Hall–Kier alpha value is -1.64. The number of hydrogen-bond donors (Lipinski definition) is 1. The van der Waals surface area contributed by atoms with Gasteiger partial charge in [0.05, 0.1) is 12.7 Å². The van der Waals surface area contributed by atoms with Gasteiger partial charge in [-0.25, -0.2) is 0 Å². The van der Waals surface area contributed by atoms with E-state index in [9.17, 15) is 0 Å². The zero-order chi connectivity index (χ0) is 12.2. The molecule has 0 saturated carbocycles. The second-order valence-corrected chi connectivity index (χ2v) is 4.65. The molecule has 0 atom stereocenters. The highest BCUT2D eigenvalue weighted by Crippen LogP contribution is 2.19. The zero-order valence-corrected chi connectivity index (χ0v) is 10.3. The fourth-order valence-electron chi connectivity index (χ4n) is 2.02. The quantitative estimate of drug-likeness (QED) is 0.885. The molecular formula is C16H17NO. The number of benzene rings is 2. The highest BCUT2D eigenvalue weighted by molar-refractivity contribution is 5.63. The van der Waals surface area contributed by atoms with Crippen LogP contribution in [0, 0.1) is 0 Å². The summed E-state index contributed by atoms with van der Waals surface area (Å²) in [6.45, 7) is 2.69. The lowest BCUT2D eigenvalue weighted by molar-refractivity contribution is 0.00759. The standard InChI is InChI=1S/C16H17NO/c1-2-4-14(5-3-1)15-8-6-13(7-9-15)12-18-16-10-17-11-16/h1-9,16-17H,10-12H2. The molecule has 0 radical (unpaired) electrons. The minimum Gasteiger partial charge on any atom is -0.371 e. The summed E-state index contributed by atoms with van der Waals surface area (Å²) in [5.74, 6) is 0. The molecule has 0 aliphatic carbocycles. The number of ether oxygens (including phenoxy) is 1. The van der Waals surface area contributed by atoms with Gasteiger partial charge in [-0.1, -0.05) is 54.6 Å². The van der Waals surface area contributed by atoms with Crippen LogP contribution in [0.25, 0.3) is 11.1 Å². The van der Waals surface area contributed by atoms with Crippen molar-refractivity contribution in [1.82, 2.24) is 5.32 Å². The van der Waals surface area contributed by atoms with Crippen molar-refractivity contribution in [2.45, 2.75) is 12.7 Å². The Morgan fingerprint density at radius 1 is 0.889 bits per heavy atom. The van der Waals surface area contributed by atoms with E-state index < -0.39 is 0 Å². The van der Waals surface area contributed by atoms with Crippen LogP contribution < -0.4 is 5.32 Å². The minimum absolute atomic E-state index is 0.402. The summed E-state index contributed by atoms with van der Waals surface area (Å²) in [4.78, 5) is 0. The monoisotopic (exact) mass is 239 g/mol. The van der Waals surface area contributed by atoms with Crippen LogP contribution >= 0.6 is 0 Å². The number of hydrogen-bond acceptors (Lipinski definition) is 2. The lowest BCUT2D eigenvalue weighted by Crippen LogP contribution is -2.48. The minimum atomic E-state index is 0.402. The second-order valence-electron chi connectivity index (χ2n) is 4.65. The third-order valence-corrected chi connectivity index (χ3v) is 3.29. The normalized spacial score (nSPS) is 15.3. The molecule has 1 N–H and O–H groups in total. The molecule has 0 bridgehead atoms. The van der Waals surface area contributed by atoms with E-state index in [0.29, 0.717) is 12.7 Å². The molecule has 0 unspecified atom stereocenters. The Balaban J connectivity index is 1.65. The van der Waals surface area contributed by atoms with E-state index >= 15 is 0 Å². The molecule has 1 saturated heterocycles. The lowest BCUT2D eigenvalue weighted by Gasteiger charge is -2.27. The molecule has 1 heterocycles. The molecule has 0 amide bonds. The van der Waals surface area contributed by atoms with Crippen molar-refractivity contribution in [2.75, 3.05) is 13.1 Å². The van der Waals surface area contributed by atoms with Gasteiger partial charge in [0.15, 0.2) is 0 Å². The smallest absolute Gasteiger partial charge is 0.0828 e. The summed E-state index contributed by atoms with van der Waals surface area (Å²) < 4.78 is 5.75. The molecule has 1 aliphatic rings. The van der Waals surface area contributed by atoms with E-state index in [1.54, 1.807) is 0 Å². The predicted octanol–water partition coefficient (Wildman–Crippen LogP) is 2.84. The van der Waals surface area contributed by atoms with Gasteiger partial charge < -0.3 is 10.1 Å². The first-order valence-electron chi connectivity index (χ1n) is 6.38. The largest absolute Gasteiger partial charge is 0.371 e. The van der Waals surface area contributed by atoms with Crippen molar-refractivity contribution in [2.24, 2.45) is 0 Å². The van der Waals surface area contributed by atoms with Gasteiger partial charge in [0.1, 0.15) is 0 Å². The van der Waals surface area contributed by atoms with Gasteiger partial charge in [-0.2, -0.15) is 0 Å². The van der Waals surface area contributed by atoms with Crippen molar-refractivity contribution in [1.29, 1.82) is 0 Å². The maximum absolute atomic E-state index is 5.75. The Morgan fingerprint density at radius 2 is 1.56 bits per heavy atom. The lowest BCUT2D eigenvalue weighted by atomic mass is 10.0. The Kier molecular flexibility index (Phi) is 3.40. The fraction of sp³-hybridized carbons (Fsp3) is 0.250. The summed E-state index contributed by atoms with van der Waals surface area (Å²) in [6.07, 6.45) is 0.402. The van der Waals surface area contributed by atoms with E-state index in [-0.39, 0.29) is 0 Å². The average molecular weight is 239 g/mol. The highest BCUT2D eigenvalue weighted by Gasteiger charge is 2.16. The van der Waals surface area contributed by atoms with Crippen LogP contribution in [0.4, 0.5) is 0 Å². The maximum Gasteiger partial charge on any atom is 0.0828 e. The molecule has 92 valence electrons. The van der Waals surface area contributed by atoms with Gasteiger partial charge in [0.25, 0.3) is 0 Å². The van der Waals surface area contributed by atoms with Gasteiger partial charge in [-0.3, -0.25) is 0 Å². The summed E-state index contributed by atoms with van der Waals surface area (Å²) in [7, 11) is 0. The van der Waals surface area contributed by atoms with E-state index in [0.717, 1.165) is 13.1 Å². The van der Waals surface area contributed by atoms with Crippen LogP contribution in [-0.4, -0.2) is 19.2 Å². The van der Waals surface area contributed by atoms with E-state index in [1.807, 2.05) is 6.07 Å². The van der Waals surface area contributed by atoms with Gasteiger partial charge in [0.2, 0.25) is 0 Å². The molecule has 2 nitrogen and oxygen atoms in total. The average Bonchev–Trinajstić information content (AvgIpc) is 2.39. The van der Waals surface area contributed by atoms with E-state index in [2.05, 4.69) is 53.8 Å². The van der Waals surface area contributed by atoms with Crippen molar-refractivity contribution < 1.29 is 4.74 Å². The highest BCUT2D eigenvalue weighted by atomic mass is 16.5. The molecule has 0 spiro atoms. The third kappa shape index (κ3) is 2.61. The van der Waals surface area contributed by atoms with Gasteiger partial charge in [-0.05, 0) is 16.7 Å². The Labute approximate surface area is 108 Å². The number of nitrogens with one attached hydrogen (secondary N) is 1. The SMILES string of the molecule is c1ccc(-c2ccc(COC3CNC3)cc2)cc1. The summed E-state index contributed by atoms with van der Waals surface area (Å²) in [5.41, 5.74) is 3.75. The Bertz CT molecular complexity index is 488. The van der Waals surface area contributed by atoms with Crippen molar-refractivity contribution in [3.63, 3.8) is 0 Å². The number of rotatable bonds is 4. The first kappa shape index (κ1) is 11.5. The molecule has 18 heavy (non-hydrogen) atoms. The first-order valence-corrected chi connectivity index (χ1v) is 6.38. The van der Waals surface area contributed by atoms with Crippen LogP contribution in [0.5, 0.6) is 0 Å². The van der Waals surface area contributed by atoms with Crippen molar-refractivity contribution in [3.8, 4) is 11.1 Å². The van der Waals surface area contributed by atoms with Crippen LogP contribution in [0.3, 0.4) is 0 Å². The first-order chi connectivity index (χ1) is 8.92. The second kappa shape index (κ2) is 5.34. The van der Waals surface area contributed by atoms with Gasteiger partial charge >= 0.3 is 0 Å². The van der Waals surface area contributed by atoms with Crippen molar-refractivity contribution in [3.05, 3.63) is 60.2 Å². The van der Waals surface area contributed by atoms with Crippen LogP contribution in [0.15, 0.2) is 54.6 Å². The molecule has 2 heteroatoms. The molecule has 1 fully saturated rings. The fourth-order valence-corrected chi connectivity index (χ4v) is 2.02. The van der Waals surface area contributed by atoms with Crippen LogP contribution in [0.1, 0.15) is 5.56 Å². The van der Waals surface area contributed by atoms with E-state index in [4.69, 9.17) is 4.74 Å². The van der Waals surface area contributed by atoms with Crippen LogP contribution in [0.2, 0.25) is 0 Å². The Morgan fingerprint density at radius 3 is 2.17 bits per heavy atom. The molecular weight excluding hydrogens is 222 g/mol.